The van der Waals surface area contributed by atoms with Gasteiger partial charge in [0.25, 0.3) is 5.78 Å². The van der Waals surface area contributed by atoms with Crippen LogP contribution in [-0.2, 0) is 6.54 Å². The van der Waals surface area contributed by atoms with Crippen LogP contribution in [0.1, 0.15) is 10.7 Å². The molecule has 23 heavy (non-hydrogen) atoms. The van der Waals surface area contributed by atoms with Crippen molar-refractivity contribution in [1.82, 2.24) is 29.8 Å². The van der Waals surface area contributed by atoms with Crippen molar-refractivity contribution in [2.75, 3.05) is 5.32 Å². The first-order valence-electron chi connectivity index (χ1n) is 7.09. The van der Waals surface area contributed by atoms with Crippen LogP contribution in [0.25, 0.3) is 16.3 Å². The number of anilines is 1. The minimum absolute atomic E-state index is 0.572. The van der Waals surface area contributed by atoms with E-state index in [1.807, 2.05) is 43.3 Å². The van der Waals surface area contributed by atoms with Crippen LogP contribution in [0.5, 0.6) is 0 Å². The summed E-state index contributed by atoms with van der Waals surface area (Å²) in [5.74, 6) is 1.41. The Hall–Kier alpha value is -2.87. The lowest BCUT2D eigenvalue weighted by Crippen LogP contribution is -2.06. The van der Waals surface area contributed by atoms with Crippen LogP contribution in [0.4, 0.5) is 5.82 Å². The second-order valence-electron chi connectivity index (χ2n) is 4.98. The highest BCUT2D eigenvalue weighted by molar-refractivity contribution is 7.14. The first-order valence-corrected chi connectivity index (χ1v) is 7.90. The Morgan fingerprint density at radius 2 is 2.04 bits per heavy atom. The molecule has 0 unspecified atom stereocenters. The lowest BCUT2D eigenvalue weighted by molar-refractivity contribution is 0.906. The van der Waals surface area contributed by atoms with Gasteiger partial charge in [-0.05, 0) is 6.92 Å². The summed E-state index contributed by atoms with van der Waals surface area (Å²) in [6.45, 7) is 2.50. The number of aromatic nitrogens is 6. The molecule has 0 bridgehead atoms. The van der Waals surface area contributed by atoms with Gasteiger partial charge in [0.15, 0.2) is 0 Å². The number of hydrogen-bond acceptors (Lipinski definition) is 7. The van der Waals surface area contributed by atoms with E-state index in [0.29, 0.717) is 12.3 Å². The normalized spacial score (nSPS) is 11.0. The predicted octanol–water partition coefficient (Wildman–Crippen LogP) is 2.56. The molecule has 0 radical (unpaired) electrons. The van der Waals surface area contributed by atoms with Crippen LogP contribution >= 0.6 is 11.3 Å². The maximum atomic E-state index is 4.32. The summed E-state index contributed by atoms with van der Waals surface area (Å²) in [5, 5.41) is 17.8. The number of aryl methyl sites for hydroxylation is 1. The first-order chi connectivity index (χ1) is 11.3. The highest BCUT2D eigenvalue weighted by Gasteiger charge is 2.09. The lowest BCUT2D eigenvalue weighted by atomic mass is 10.2. The van der Waals surface area contributed by atoms with E-state index in [4.69, 9.17) is 0 Å². The zero-order valence-corrected chi connectivity index (χ0v) is 13.2. The molecule has 8 heteroatoms. The third kappa shape index (κ3) is 2.76. The molecular formula is C15H13N7S. The van der Waals surface area contributed by atoms with Gasteiger partial charge < -0.3 is 5.32 Å². The van der Waals surface area contributed by atoms with E-state index in [2.05, 4.69) is 30.6 Å². The average molecular weight is 323 g/mol. The van der Waals surface area contributed by atoms with Gasteiger partial charge in [0.2, 0.25) is 0 Å². The first kappa shape index (κ1) is 13.8. The Bertz CT molecular complexity index is 945. The highest BCUT2D eigenvalue weighted by atomic mass is 32.1. The number of hydrogen-bond donors (Lipinski definition) is 1. The van der Waals surface area contributed by atoms with Gasteiger partial charge in [-0.1, -0.05) is 41.7 Å². The summed E-state index contributed by atoms with van der Waals surface area (Å²) in [7, 11) is 0. The molecule has 3 heterocycles. The van der Waals surface area contributed by atoms with E-state index in [0.717, 1.165) is 27.1 Å². The molecule has 1 aromatic carbocycles. The van der Waals surface area contributed by atoms with Crippen molar-refractivity contribution in [3.8, 4) is 10.6 Å². The molecule has 0 aliphatic rings. The summed E-state index contributed by atoms with van der Waals surface area (Å²) >= 11 is 1.57. The van der Waals surface area contributed by atoms with Crippen LogP contribution < -0.4 is 5.32 Å². The highest BCUT2D eigenvalue weighted by Crippen LogP contribution is 2.23. The van der Waals surface area contributed by atoms with Crippen molar-refractivity contribution >= 4 is 22.9 Å². The van der Waals surface area contributed by atoms with Crippen molar-refractivity contribution in [2.24, 2.45) is 0 Å². The van der Waals surface area contributed by atoms with Crippen LogP contribution in [0.2, 0.25) is 0 Å². The van der Waals surface area contributed by atoms with Crippen LogP contribution in [0.3, 0.4) is 0 Å². The van der Waals surface area contributed by atoms with Crippen molar-refractivity contribution in [1.29, 1.82) is 0 Å². The van der Waals surface area contributed by atoms with Gasteiger partial charge in [-0.3, -0.25) is 0 Å². The average Bonchev–Trinajstić information content (AvgIpc) is 3.22. The monoisotopic (exact) mass is 323 g/mol. The summed E-state index contributed by atoms with van der Waals surface area (Å²) < 4.78 is 1.67. The maximum Gasteiger partial charge on any atom is 0.254 e. The molecule has 0 saturated carbocycles. The standard InChI is InChI=1S/C15H13N7S/c1-10-7-12(22-15(19-10)17-9-18-22)16-8-13-20-21-14(23-13)11-5-3-2-4-6-11/h2-7,9,16H,8H2,1H3. The van der Waals surface area contributed by atoms with Gasteiger partial charge in [-0.2, -0.15) is 14.6 Å². The minimum atomic E-state index is 0.572. The van der Waals surface area contributed by atoms with Crippen LogP contribution in [0.15, 0.2) is 42.7 Å². The molecule has 0 fully saturated rings. The van der Waals surface area contributed by atoms with E-state index in [1.165, 1.54) is 6.33 Å². The Morgan fingerprint density at radius 3 is 2.91 bits per heavy atom. The van der Waals surface area contributed by atoms with Gasteiger partial charge in [0, 0.05) is 17.3 Å². The second-order valence-corrected chi connectivity index (χ2v) is 6.04. The van der Waals surface area contributed by atoms with E-state index in [-0.39, 0.29) is 0 Å². The molecule has 7 nitrogen and oxygen atoms in total. The Balaban J connectivity index is 1.55. The second kappa shape index (κ2) is 5.73. The minimum Gasteiger partial charge on any atom is -0.363 e. The molecule has 0 amide bonds. The van der Waals surface area contributed by atoms with E-state index in [9.17, 15) is 0 Å². The summed E-state index contributed by atoms with van der Waals surface area (Å²) in [5.41, 5.74) is 1.96. The molecule has 1 N–H and O–H groups in total. The molecular weight excluding hydrogens is 310 g/mol. The third-order valence-corrected chi connectivity index (χ3v) is 4.26. The Labute approximate surface area is 136 Å². The molecule has 114 valence electrons. The number of rotatable bonds is 4. The molecule has 0 spiro atoms. The topological polar surface area (TPSA) is 80.9 Å². The van der Waals surface area contributed by atoms with Gasteiger partial charge >= 0.3 is 0 Å². The van der Waals surface area contributed by atoms with Crippen LogP contribution in [-0.4, -0.2) is 29.8 Å². The Morgan fingerprint density at radius 1 is 1.17 bits per heavy atom. The molecule has 3 aromatic heterocycles. The molecule has 0 saturated heterocycles. The van der Waals surface area contributed by atoms with E-state index in [1.54, 1.807) is 15.9 Å². The van der Waals surface area contributed by atoms with Gasteiger partial charge in [0.05, 0.1) is 6.54 Å². The lowest BCUT2D eigenvalue weighted by Gasteiger charge is -2.06. The van der Waals surface area contributed by atoms with Crippen LogP contribution in [0, 0.1) is 6.92 Å². The smallest absolute Gasteiger partial charge is 0.254 e. The van der Waals surface area contributed by atoms with E-state index < -0.39 is 0 Å². The quantitative estimate of drug-likeness (QED) is 0.621. The third-order valence-electron chi connectivity index (χ3n) is 3.29. The van der Waals surface area contributed by atoms with Crippen molar-refractivity contribution < 1.29 is 0 Å². The molecule has 0 aliphatic heterocycles. The Kier molecular flexibility index (Phi) is 3.43. The summed E-state index contributed by atoms with van der Waals surface area (Å²) in [6, 6.07) is 12.0. The SMILES string of the molecule is Cc1cc(NCc2nnc(-c3ccccc3)s2)n2ncnc2n1. The van der Waals surface area contributed by atoms with Crippen molar-refractivity contribution in [3.63, 3.8) is 0 Å². The molecule has 0 atom stereocenters. The van der Waals surface area contributed by atoms with Gasteiger partial charge in [-0.15, -0.1) is 10.2 Å². The van der Waals surface area contributed by atoms with Gasteiger partial charge in [-0.25, -0.2) is 4.98 Å². The number of nitrogens with zero attached hydrogens (tertiary/aromatic N) is 6. The fraction of sp³-hybridized carbons (Fsp3) is 0.133. The fourth-order valence-corrected chi connectivity index (χ4v) is 3.03. The number of benzene rings is 1. The summed E-state index contributed by atoms with van der Waals surface area (Å²) in [6.07, 6.45) is 1.49. The summed E-state index contributed by atoms with van der Waals surface area (Å²) in [4.78, 5) is 8.43. The predicted molar refractivity (Wildman–Crippen MR) is 88.2 cm³/mol. The number of fused-ring (bicyclic) bond motifs is 1. The fourth-order valence-electron chi connectivity index (χ4n) is 2.25. The largest absolute Gasteiger partial charge is 0.363 e. The zero-order valence-electron chi connectivity index (χ0n) is 12.3. The van der Waals surface area contributed by atoms with Gasteiger partial charge in [0.1, 0.15) is 22.2 Å². The molecule has 0 aliphatic carbocycles. The van der Waals surface area contributed by atoms with E-state index >= 15 is 0 Å². The molecule has 4 aromatic rings. The molecule has 4 rings (SSSR count). The zero-order chi connectivity index (χ0) is 15.6. The number of nitrogens with one attached hydrogen (secondary N) is 1. The van der Waals surface area contributed by atoms with Crippen molar-refractivity contribution in [3.05, 3.63) is 53.4 Å². The van der Waals surface area contributed by atoms with Crippen molar-refractivity contribution in [2.45, 2.75) is 13.5 Å². The maximum absolute atomic E-state index is 4.32.